The zero-order valence-corrected chi connectivity index (χ0v) is 9.60. The Hall–Kier alpha value is -2.10. The summed E-state index contributed by atoms with van der Waals surface area (Å²) in [5, 5.41) is 3.01. The Kier molecular flexibility index (Phi) is 2.40. The molecule has 0 radical (unpaired) electrons. The number of hydrogen-bond acceptors (Lipinski definition) is 4. The van der Waals surface area contributed by atoms with Crippen molar-refractivity contribution in [1.82, 2.24) is 9.97 Å². The van der Waals surface area contributed by atoms with Gasteiger partial charge in [-0.15, -0.1) is 0 Å². The van der Waals surface area contributed by atoms with E-state index in [0.29, 0.717) is 0 Å². The van der Waals surface area contributed by atoms with E-state index in [4.69, 9.17) is 4.74 Å². The van der Waals surface area contributed by atoms with E-state index in [9.17, 15) is 0 Å². The van der Waals surface area contributed by atoms with Gasteiger partial charge in [-0.3, -0.25) is 0 Å². The fourth-order valence-corrected chi connectivity index (χ4v) is 2.06. The third-order valence-corrected chi connectivity index (χ3v) is 2.91. The first kappa shape index (κ1) is 10.1. The number of anilines is 1. The predicted molar refractivity (Wildman–Crippen MR) is 66.2 cm³/mol. The van der Waals surface area contributed by atoms with Crippen LogP contribution in [0.5, 0.6) is 5.75 Å². The summed E-state index contributed by atoms with van der Waals surface area (Å²) in [6.07, 6.45) is 2.54. The minimum Gasteiger partial charge on any atom is -0.492 e. The molecule has 2 heterocycles. The van der Waals surface area contributed by atoms with Crippen LogP contribution in [0.1, 0.15) is 5.56 Å². The Balaban J connectivity index is 2.12. The van der Waals surface area contributed by atoms with Gasteiger partial charge in [-0.05, 0) is 11.6 Å². The van der Waals surface area contributed by atoms with Crippen LogP contribution in [0.4, 0.5) is 5.82 Å². The smallest absolute Gasteiger partial charge is 0.132 e. The first-order valence-electron chi connectivity index (χ1n) is 5.63. The molecule has 0 unspecified atom stereocenters. The molecule has 0 bridgehead atoms. The monoisotopic (exact) mass is 227 g/mol. The number of ether oxygens (including phenoxy) is 1. The highest BCUT2D eigenvalue weighted by Gasteiger charge is 2.17. The van der Waals surface area contributed by atoms with E-state index in [1.165, 1.54) is 5.56 Å². The molecule has 0 saturated heterocycles. The highest BCUT2D eigenvalue weighted by atomic mass is 16.5. The van der Waals surface area contributed by atoms with Gasteiger partial charge < -0.3 is 10.1 Å². The maximum absolute atomic E-state index is 5.68. The average molecular weight is 227 g/mol. The summed E-state index contributed by atoms with van der Waals surface area (Å²) in [5.41, 5.74) is 3.19. The SMILES string of the molecule is CNc1cc(-c2cccc3c2OCC3)ncn1. The van der Waals surface area contributed by atoms with Gasteiger partial charge in [0.15, 0.2) is 0 Å². The Labute approximate surface area is 99.7 Å². The van der Waals surface area contributed by atoms with Crippen LogP contribution in [-0.4, -0.2) is 23.6 Å². The zero-order chi connectivity index (χ0) is 11.7. The summed E-state index contributed by atoms with van der Waals surface area (Å²) < 4.78 is 5.68. The van der Waals surface area contributed by atoms with Gasteiger partial charge >= 0.3 is 0 Å². The van der Waals surface area contributed by atoms with Crippen LogP contribution in [-0.2, 0) is 6.42 Å². The van der Waals surface area contributed by atoms with E-state index >= 15 is 0 Å². The Morgan fingerprint density at radius 3 is 3.12 bits per heavy atom. The molecule has 1 aliphatic rings. The van der Waals surface area contributed by atoms with Crippen LogP contribution < -0.4 is 10.1 Å². The molecular formula is C13H13N3O. The normalized spacial score (nSPS) is 13.0. The van der Waals surface area contributed by atoms with Crippen molar-refractivity contribution in [2.24, 2.45) is 0 Å². The number of fused-ring (bicyclic) bond motifs is 1. The molecule has 0 fully saturated rings. The van der Waals surface area contributed by atoms with Gasteiger partial charge in [0.25, 0.3) is 0 Å². The molecule has 86 valence electrons. The number of rotatable bonds is 2. The highest BCUT2D eigenvalue weighted by molar-refractivity contribution is 5.71. The second-order valence-electron chi connectivity index (χ2n) is 3.93. The predicted octanol–water partition coefficient (Wildman–Crippen LogP) is 2.12. The lowest BCUT2D eigenvalue weighted by Crippen LogP contribution is -1.95. The minimum absolute atomic E-state index is 0.760. The fraction of sp³-hybridized carbons (Fsp3) is 0.231. The summed E-state index contributed by atoms with van der Waals surface area (Å²) in [7, 11) is 1.85. The number of hydrogen-bond donors (Lipinski definition) is 1. The number of benzene rings is 1. The first-order chi connectivity index (χ1) is 8.38. The van der Waals surface area contributed by atoms with Crippen molar-refractivity contribution in [3.05, 3.63) is 36.2 Å². The molecule has 3 rings (SSSR count). The topological polar surface area (TPSA) is 47.0 Å². The van der Waals surface area contributed by atoms with E-state index < -0.39 is 0 Å². The number of nitrogens with zero attached hydrogens (tertiary/aromatic N) is 2. The van der Waals surface area contributed by atoms with Crippen LogP contribution >= 0.6 is 0 Å². The zero-order valence-electron chi connectivity index (χ0n) is 9.60. The molecule has 1 aromatic carbocycles. The molecule has 4 heteroatoms. The third kappa shape index (κ3) is 1.71. The summed E-state index contributed by atoms with van der Waals surface area (Å²) >= 11 is 0. The van der Waals surface area contributed by atoms with Gasteiger partial charge in [-0.25, -0.2) is 9.97 Å². The van der Waals surface area contributed by atoms with Crippen molar-refractivity contribution in [1.29, 1.82) is 0 Å². The van der Waals surface area contributed by atoms with Crippen molar-refractivity contribution < 1.29 is 4.74 Å². The second-order valence-corrected chi connectivity index (χ2v) is 3.93. The Morgan fingerprint density at radius 1 is 1.29 bits per heavy atom. The average Bonchev–Trinajstić information content (AvgIpc) is 2.87. The summed E-state index contributed by atoms with van der Waals surface area (Å²) in [6, 6.07) is 8.11. The maximum atomic E-state index is 5.68. The van der Waals surface area contributed by atoms with Gasteiger partial charge in [0, 0.05) is 25.1 Å². The molecule has 0 saturated carbocycles. The molecule has 0 aliphatic carbocycles. The summed E-state index contributed by atoms with van der Waals surface area (Å²) in [6.45, 7) is 0.760. The maximum Gasteiger partial charge on any atom is 0.132 e. The summed E-state index contributed by atoms with van der Waals surface area (Å²) in [5.74, 6) is 1.78. The van der Waals surface area contributed by atoms with Gasteiger partial charge in [-0.2, -0.15) is 0 Å². The van der Waals surface area contributed by atoms with E-state index in [2.05, 4.69) is 21.4 Å². The third-order valence-electron chi connectivity index (χ3n) is 2.91. The molecule has 0 amide bonds. The largest absolute Gasteiger partial charge is 0.492 e. The Bertz CT molecular complexity index is 554. The standard InChI is InChI=1S/C13H13N3O/c1-14-12-7-11(15-8-16-12)10-4-2-3-9-5-6-17-13(9)10/h2-4,7-8H,5-6H2,1H3,(H,14,15,16). The van der Waals surface area contributed by atoms with Crippen LogP contribution in [0.15, 0.2) is 30.6 Å². The van der Waals surface area contributed by atoms with Gasteiger partial charge in [0.05, 0.1) is 12.3 Å². The quantitative estimate of drug-likeness (QED) is 0.853. The van der Waals surface area contributed by atoms with Crippen molar-refractivity contribution >= 4 is 5.82 Å². The Morgan fingerprint density at radius 2 is 2.24 bits per heavy atom. The van der Waals surface area contributed by atoms with E-state index in [1.807, 2.05) is 25.2 Å². The number of aromatic nitrogens is 2. The molecular weight excluding hydrogens is 214 g/mol. The van der Waals surface area contributed by atoms with Gasteiger partial charge in [0.2, 0.25) is 0 Å². The van der Waals surface area contributed by atoms with E-state index in [0.717, 1.165) is 35.9 Å². The van der Waals surface area contributed by atoms with Crippen LogP contribution in [0.2, 0.25) is 0 Å². The van der Waals surface area contributed by atoms with E-state index in [1.54, 1.807) is 6.33 Å². The molecule has 0 spiro atoms. The lowest BCUT2D eigenvalue weighted by atomic mass is 10.1. The van der Waals surface area contributed by atoms with Crippen molar-refractivity contribution in [3.8, 4) is 17.0 Å². The molecule has 1 aliphatic heterocycles. The second kappa shape index (κ2) is 4.05. The fourth-order valence-electron chi connectivity index (χ4n) is 2.06. The minimum atomic E-state index is 0.760. The highest BCUT2D eigenvalue weighted by Crippen LogP contribution is 2.35. The number of nitrogens with one attached hydrogen (secondary N) is 1. The molecule has 4 nitrogen and oxygen atoms in total. The first-order valence-corrected chi connectivity index (χ1v) is 5.63. The van der Waals surface area contributed by atoms with Gasteiger partial charge in [-0.1, -0.05) is 12.1 Å². The lowest BCUT2D eigenvalue weighted by Gasteiger charge is -2.08. The molecule has 1 aromatic heterocycles. The van der Waals surface area contributed by atoms with Crippen molar-refractivity contribution in [2.45, 2.75) is 6.42 Å². The number of para-hydroxylation sites is 1. The van der Waals surface area contributed by atoms with Crippen LogP contribution in [0, 0.1) is 0 Å². The van der Waals surface area contributed by atoms with Gasteiger partial charge in [0.1, 0.15) is 17.9 Å². The van der Waals surface area contributed by atoms with Crippen LogP contribution in [0.25, 0.3) is 11.3 Å². The van der Waals surface area contributed by atoms with Crippen molar-refractivity contribution in [2.75, 3.05) is 19.0 Å². The van der Waals surface area contributed by atoms with Crippen LogP contribution in [0.3, 0.4) is 0 Å². The molecule has 0 atom stereocenters. The molecule has 17 heavy (non-hydrogen) atoms. The molecule has 1 N–H and O–H groups in total. The summed E-state index contributed by atoms with van der Waals surface area (Å²) in [4.78, 5) is 8.42. The molecule has 2 aromatic rings. The van der Waals surface area contributed by atoms with E-state index in [-0.39, 0.29) is 0 Å². The van der Waals surface area contributed by atoms with Crippen molar-refractivity contribution in [3.63, 3.8) is 0 Å². The lowest BCUT2D eigenvalue weighted by molar-refractivity contribution is 0.358.